The van der Waals surface area contributed by atoms with Gasteiger partial charge in [-0.25, -0.2) is 5.43 Å². The van der Waals surface area contributed by atoms with Crippen molar-refractivity contribution in [3.05, 3.63) is 42.2 Å². The lowest BCUT2D eigenvalue weighted by Crippen LogP contribution is -2.19. The van der Waals surface area contributed by atoms with Crippen molar-refractivity contribution in [3.8, 4) is 0 Å². The number of nitrogens with zero attached hydrogens (tertiary/aromatic N) is 1. The van der Waals surface area contributed by atoms with Crippen LogP contribution >= 0.6 is 38.6 Å². The molecule has 0 fully saturated rings. The fourth-order valence-corrected chi connectivity index (χ4v) is 3.69. The lowest BCUT2D eigenvalue weighted by Gasteiger charge is -2.01. The predicted octanol–water partition coefficient (Wildman–Crippen LogP) is 4.34. The van der Waals surface area contributed by atoms with Gasteiger partial charge in [-0.05, 0) is 54.4 Å². The zero-order chi connectivity index (χ0) is 14.0. The van der Waals surface area contributed by atoms with Crippen LogP contribution in [0.4, 0.5) is 0 Å². The van der Waals surface area contributed by atoms with Gasteiger partial charge in [-0.15, -0.1) is 22.7 Å². The van der Waals surface area contributed by atoms with Gasteiger partial charge in [0.05, 0.1) is 19.9 Å². The van der Waals surface area contributed by atoms with E-state index in [0.29, 0.717) is 5.56 Å². The third-order valence-electron chi connectivity index (χ3n) is 2.79. The highest BCUT2D eigenvalue weighted by atomic mass is 79.9. The van der Waals surface area contributed by atoms with Crippen molar-refractivity contribution in [2.45, 2.75) is 20.8 Å². The molecule has 0 bridgehead atoms. The number of carbonyl (C=O) groups excluding carboxylic acids is 1. The van der Waals surface area contributed by atoms with Crippen molar-refractivity contribution in [2.75, 3.05) is 0 Å². The highest BCUT2D eigenvalue weighted by molar-refractivity contribution is 9.11. The Labute approximate surface area is 128 Å². The highest BCUT2D eigenvalue weighted by Gasteiger charge is 2.12. The Morgan fingerprint density at radius 1 is 1.37 bits per heavy atom. The molecule has 0 aromatic carbocycles. The normalized spacial score (nSPS) is 11.7. The summed E-state index contributed by atoms with van der Waals surface area (Å²) >= 11 is 6.57. The molecule has 0 aliphatic rings. The average molecular weight is 357 g/mol. The van der Waals surface area contributed by atoms with E-state index in [0.717, 1.165) is 24.8 Å². The Morgan fingerprint density at radius 3 is 2.63 bits per heavy atom. The molecule has 0 radical (unpaired) electrons. The van der Waals surface area contributed by atoms with Gasteiger partial charge in [0, 0.05) is 10.3 Å². The first-order valence-electron chi connectivity index (χ1n) is 5.64. The van der Waals surface area contributed by atoms with Gasteiger partial charge in [0.2, 0.25) is 0 Å². The van der Waals surface area contributed by atoms with E-state index < -0.39 is 0 Å². The van der Waals surface area contributed by atoms with Gasteiger partial charge < -0.3 is 0 Å². The van der Waals surface area contributed by atoms with Gasteiger partial charge in [-0.3, -0.25) is 4.79 Å². The van der Waals surface area contributed by atoms with Crippen LogP contribution < -0.4 is 5.43 Å². The molecule has 0 saturated heterocycles. The van der Waals surface area contributed by atoms with Crippen molar-refractivity contribution in [1.82, 2.24) is 5.43 Å². The summed E-state index contributed by atoms with van der Waals surface area (Å²) in [6.45, 7) is 5.84. The SMILES string of the molecule is C/C(=N\NC(=O)c1csc(C)c1C)c1ccc(Br)s1. The topological polar surface area (TPSA) is 41.5 Å². The quantitative estimate of drug-likeness (QED) is 0.644. The Balaban J connectivity index is 2.10. The van der Waals surface area contributed by atoms with Crippen molar-refractivity contribution < 1.29 is 4.79 Å². The average Bonchev–Trinajstić information content (AvgIpc) is 2.94. The van der Waals surface area contributed by atoms with Gasteiger partial charge in [-0.1, -0.05) is 0 Å². The number of carbonyl (C=O) groups is 1. The molecule has 0 unspecified atom stereocenters. The summed E-state index contributed by atoms with van der Waals surface area (Å²) in [5.41, 5.74) is 5.13. The van der Waals surface area contributed by atoms with Crippen LogP contribution in [0, 0.1) is 13.8 Å². The zero-order valence-corrected chi connectivity index (χ0v) is 14.0. The summed E-state index contributed by atoms with van der Waals surface area (Å²) < 4.78 is 1.05. The second kappa shape index (κ2) is 5.98. The van der Waals surface area contributed by atoms with Crippen LogP contribution in [0.2, 0.25) is 0 Å². The lowest BCUT2D eigenvalue weighted by molar-refractivity contribution is 0.0954. The van der Waals surface area contributed by atoms with Crippen LogP contribution in [0.5, 0.6) is 0 Å². The molecule has 2 heterocycles. The van der Waals surface area contributed by atoms with E-state index in [2.05, 4.69) is 26.5 Å². The zero-order valence-electron chi connectivity index (χ0n) is 10.8. The standard InChI is InChI=1S/C13H13BrN2OS2/c1-7-9(3)18-6-10(7)13(17)16-15-8(2)11-4-5-12(14)19-11/h4-6H,1-3H3,(H,16,17)/b15-8+. The molecule has 3 nitrogen and oxygen atoms in total. The van der Waals surface area contributed by atoms with Crippen LogP contribution in [-0.4, -0.2) is 11.6 Å². The maximum absolute atomic E-state index is 12.0. The van der Waals surface area contributed by atoms with Gasteiger partial charge in [0.1, 0.15) is 0 Å². The van der Waals surface area contributed by atoms with Crippen LogP contribution in [0.25, 0.3) is 0 Å². The second-order valence-corrected chi connectivity index (χ2v) is 7.62. The van der Waals surface area contributed by atoms with Gasteiger partial charge in [-0.2, -0.15) is 5.10 Å². The maximum Gasteiger partial charge on any atom is 0.272 e. The number of rotatable bonds is 3. The summed E-state index contributed by atoms with van der Waals surface area (Å²) in [5.74, 6) is -0.156. The molecule has 2 aromatic rings. The van der Waals surface area contributed by atoms with Gasteiger partial charge >= 0.3 is 0 Å². The first kappa shape index (κ1) is 14.4. The van der Waals surface area contributed by atoms with Gasteiger partial charge in [0.25, 0.3) is 5.91 Å². The minimum atomic E-state index is -0.156. The molecular weight excluding hydrogens is 344 g/mol. The molecule has 6 heteroatoms. The molecule has 1 amide bonds. The molecule has 19 heavy (non-hydrogen) atoms. The van der Waals surface area contributed by atoms with E-state index in [9.17, 15) is 4.79 Å². The van der Waals surface area contributed by atoms with Crippen molar-refractivity contribution in [3.63, 3.8) is 0 Å². The fraction of sp³-hybridized carbons (Fsp3) is 0.231. The summed E-state index contributed by atoms with van der Waals surface area (Å²) in [6, 6.07) is 3.94. The van der Waals surface area contributed by atoms with E-state index in [4.69, 9.17) is 0 Å². The third kappa shape index (κ3) is 3.32. The van der Waals surface area contributed by atoms with E-state index in [1.54, 1.807) is 22.7 Å². The Morgan fingerprint density at radius 2 is 2.11 bits per heavy atom. The molecular formula is C13H13BrN2OS2. The van der Waals surface area contributed by atoms with Crippen molar-refractivity contribution >= 4 is 50.2 Å². The van der Waals surface area contributed by atoms with Gasteiger partial charge in [0.15, 0.2) is 0 Å². The molecule has 0 spiro atoms. The first-order chi connectivity index (χ1) is 8.99. The number of hydrogen-bond acceptors (Lipinski definition) is 4. The van der Waals surface area contributed by atoms with E-state index in [1.807, 2.05) is 38.3 Å². The molecule has 0 aliphatic carbocycles. The van der Waals surface area contributed by atoms with Crippen LogP contribution in [0.3, 0.4) is 0 Å². The number of hydrazone groups is 1. The lowest BCUT2D eigenvalue weighted by atomic mass is 10.2. The number of nitrogens with one attached hydrogen (secondary N) is 1. The summed E-state index contributed by atoms with van der Waals surface area (Å²) in [4.78, 5) is 14.2. The number of thiophene rings is 2. The Kier molecular flexibility index (Phi) is 4.54. The fourth-order valence-electron chi connectivity index (χ4n) is 1.50. The summed E-state index contributed by atoms with van der Waals surface area (Å²) in [7, 11) is 0. The first-order valence-corrected chi connectivity index (χ1v) is 8.13. The molecule has 2 aromatic heterocycles. The monoisotopic (exact) mass is 356 g/mol. The third-order valence-corrected chi connectivity index (χ3v) is 5.53. The molecule has 1 N–H and O–H groups in total. The molecule has 0 aliphatic heterocycles. The van der Waals surface area contributed by atoms with E-state index in [1.165, 1.54) is 0 Å². The van der Waals surface area contributed by atoms with Crippen LogP contribution in [0.1, 0.15) is 32.6 Å². The predicted molar refractivity (Wildman–Crippen MR) is 85.5 cm³/mol. The van der Waals surface area contributed by atoms with Crippen molar-refractivity contribution in [2.24, 2.45) is 5.10 Å². The Bertz CT molecular complexity index is 643. The minimum Gasteiger partial charge on any atom is -0.267 e. The molecule has 2 rings (SSSR count). The van der Waals surface area contributed by atoms with Crippen molar-refractivity contribution in [1.29, 1.82) is 0 Å². The van der Waals surface area contributed by atoms with E-state index >= 15 is 0 Å². The number of aryl methyl sites for hydroxylation is 1. The highest BCUT2D eigenvalue weighted by Crippen LogP contribution is 2.23. The number of amides is 1. The van der Waals surface area contributed by atoms with E-state index in [-0.39, 0.29) is 5.91 Å². The number of hydrogen-bond donors (Lipinski definition) is 1. The smallest absolute Gasteiger partial charge is 0.267 e. The second-order valence-electron chi connectivity index (χ2n) is 4.07. The minimum absolute atomic E-state index is 0.156. The summed E-state index contributed by atoms with van der Waals surface area (Å²) in [5, 5.41) is 6.01. The van der Waals surface area contributed by atoms with Crippen LogP contribution in [0.15, 0.2) is 26.4 Å². The summed E-state index contributed by atoms with van der Waals surface area (Å²) in [6.07, 6.45) is 0. The largest absolute Gasteiger partial charge is 0.272 e. The molecule has 100 valence electrons. The Hall–Kier alpha value is -0.980. The number of halogens is 1. The molecule has 0 saturated carbocycles. The van der Waals surface area contributed by atoms with Crippen LogP contribution in [-0.2, 0) is 0 Å². The molecule has 0 atom stereocenters. The maximum atomic E-state index is 12.0.